The standard InChI is InChI=1S/C29H30N2O5/c1-19-16-26(36-25-12-13-30-23-18-28(35-4)27(34-3)17-22(23)25)20(2)15-24(19)31(29(32)33)14-8-11-21-9-6-5-7-10-21/h5-7,9-10,12-13,15-18H,8,11,14H2,1-4H3,(H,32,33). The number of methoxy groups -OCH3 is 2. The number of fused-ring (bicyclic) bond motifs is 1. The predicted molar refractivity (Wildman–Crippen MR) is 141 cm³/mol. The maximum absolute atomic E-state index is 12.1. The lowest BCUT2D eigenvalue weighted by molar-refractivity contribution is 0.201. The van der Waals surface area contributed by atoms with Crippen molar-refractivity contribution in [1.29, 1.82) is 0 Å². The second-order valence-corrected chi connectivity index (χ2v) is 8.56. The van der Waals surface area contributed by atoms with Crippen LogP contribution in [0.5, 0.6) is 23.0 Å². The topological polar surface area (TPSA) is 81.1 Å². The summed E-state index contributed by atoms with van der Waals surface area (Å²) in [5.41, 5.74) is 4.21. The molecule has 1 N–H and O–H groups in total. The fraction of sp³-hybridized carbons (Fsp3) is 0.241. The van der Waals surface area contributed by atoms with E-state index in [4.69, 9.17) is 14.2 Å². The van der Waals surface area contributed by atoms with E-state index in [0.29, 0.717) is 40.7 Å². The van der Waals surface area contributed by atoms with Crippen LogP contribution < -0.4 is 19.1 Å². The van der Waals surface area contributed by atoms with Gasteiger partial charge in [-0.25, -0.2) is 4.79 Å². The summed E-state index contributed by atoms with van der Waals surface area (Å²) >= 11 is 0. The van der Waals surface area contributed by atoms with Gasteiger partial charge in [0.05, 0.1) is 25.4 Å². The quantitative estimate of drug-likeness (QED) is 0.281. The Morgan fingerprint density at radius 3 is 2.31 bits per heavy atom. The fourth-order valence-electron chi connectivity index (χ4n) is 4.24. The molecule has 0 radical (unpaired) electrons. The van der Waals surface area contributed by atoms with Crippen LogP contribution in [0.2, 0.25) is 0 Å². The van der Waals surface area contributed by atoms with Gasteiger partial charge in [-0.1, -0.05) is 30.3 Å². The number of pyridine rings is 1. The van der Waals surface area contributed by atoms with Crippen molar-refractivity contribution in [3.63, 3.8) is 0 Å². The molecular formula is C29H30N2O5. The monoisotopic (exact) mass is 486 g/mol. The molecule has 0 unspecified atom stereocenters. The molecule has 7 nitrogen and oxygen atoms in total. The van der Waals surface area contributed by atoms with Gasteiger partial charge in [-0.3, -0.25) is 9.88 Å². The molecule has 0 saturated carbocycles. The molecule has 0 saturated heterocycles. The van der Waals surface area contributed by atoms with Gasteiger partial charge in [-0.05, 0) is 67.6 Å². The average Bonchev–Trinajstić information content (AvgIpc) is 2.88. The van der Waals surface area contributed by atoms with Gasteiger partial charge in [0.1, 0.15) is 11.5 Å². The van der Waals surface area contributed by atoms with Gasteiger partial charge in [0, 0.05) is 24.2 Å². The number of carboxylic acid groups (broad SMARTS) is 1. The molecule has 0 spiro atoms. The summed E-state index contributed by atoms with van der Waals surface area (Å²) in [6.45, 7) is 4.21. The average molecular weight is 487 g/mol. The van der Waals surface area contributed by atoms with E-state index in [-0.39, 0.29) is 0 Å². The van der Waals surface area contributed by atoms with Gasteiger partial charge < -0.3 is 19.3 Å². The van der Waals surface area contributed by atoms with Crippen LogP contribution in [0.1, 0.15) is 23.1 Å². The smallest absolute Gasteiger partial charge is 0.411 e. The Labute approximate surface area is 210 Å². The van der Waals surface area contributed by atoms with E-state index < -0.39 is 6.09 Å². The molecule has 3 aromatic carbocycles. The van der Waals surface area contributed by atoms with Gasteiger partial charge in [-0.15, -0.1) is 0 Å². The molecule has 186 valence electrons. The number of carbonyl (C=O) groups is 1. The molecule has 0 aliphatic rings. The zero-order chi connectivity index (χ0) is 25.7. The van der Waals surface area contributed by atoms with Crippen LogP contribution in [-0.4, -0.2) is 36.9 Å². The van der Waals surface area contributed by atoms with E-state index in [0.717, 1.165) is 29.4 Å². The first-order chi connectivity index (χ1) is 17.4. The van der Waals surface area contributed by atoms with Crippen LogP contribution in [0.4, 0.5) is 10.5 Å². The SMILES string of the molecule is COc1cc2nccc(Oc3cc(C)c(N(CCCc4ccccc4)C(=O)O)cc3C)c2cc1OC. The molecular weight excluding hydrogens is 456 g/mol. The molecule has 1 aromatic heterocycles. The Bertz CT molecular complexity index is 1370. The van der Waals surface area contributed by atoms with Gasteiger partial charge in [0.15, 0.2) is 11.5 Å². The summed E-state index contributed by atoms with van der Waals surface area (Å²) in [5.74, 6) is 2.44. The van der Waals surface area contributed by atoms with E-state index in [2.05, 4.69) is 17.1 Å². The molecule has 0 aliphatic heterocycles. The number of amides is 1. The highest BCUT2D eigenvalue weighted by molar-refractivity contribution is 5.89. The molecule has 1 amide bonds. The second-order valence-electron chi connectivity index (χ2n) is 8.56. The summed E-state index contributed by atoms with van der Waals surface area (Å²) in [7, 11) is 3.17. The summed E-state index contributed by atoms with van der Waals surface area (Å²) < 4.78 is 17.1. The first-order valence-corrected chi connectivity index (χ1v) is 11.8. The Morgan fingerprint density at radius 2 is 1.61 bits per heavy atom. The molecule has 0 aliphatic carbocycles. The summed E-state index contributed by atoms with van der Waals surface area (Å²) in [4.78, 5) is 17.9. The zero-order valence-corrected chi connectivity index (χ0v) is 20.9. The lowest BCUT2D eigenvalue weighted by atomic mass is 10.1. The largest absolute Gasteiger partial charge is 0.493 e. The Kier molecular flexibility index (Phi) is 7.59. The van der Waals surface area contributed by atoms with Gasteiger partial charge in [-0.2, -0.15) is 0 Å². The van der Waals surface area contributed by atoms with Crippen LogP contribution >= 0.6 is 0 Å². The number of hydrogen-bond donors (Lipinski definition) is 1. The summed E-state index contributed by atoms with van der Waals surface area (Å²) in [5, 5.41) is 10.7. The molecule has 4 aromatic rings. The van der Waals surface area contributed by atoms with E-state index in [9.17, 15) is 9.90 Å². The Hall–Kier alpha value is -4.26. The minimum absolute atomic E-state index is 0.404. The lowest BCUT2D eigenvalue weighted by Crippen LogP contribution is -2.31. The highest BCUT2D eigenvalue weighted by Crippen LogP contribution is 2.38. The first kappa shape index (κ1) is 24.9. The van der Waals surface area contributed by atoms with Crippen molar-refractivity contribution in [2.75, 3.05) is 25.7 Å². The van der Waals surface area contributed by atoms with Crippen molar-refractivity contribution in [3.8, 4) is 23.0 Å². The Balaban J connectivity index is 1.59. The van der Waals surface area contributed by atoms with Crippen molar-refractivity contribution in [2.24, 2.45) is 0 Å². The number of aromatic nitrogens is 1. The molecule has 1 heterocycles. The van der Waals surface area contributed by atoms with Crippen LogP contribution in [-0.2, 0) is 6.42 Å². The molecule has 0 bridgehead atoms. The van der Waals surface area contributed by atoms with Gasteiger partial charge in [0.2, 0.25) is 0 Å². The first-order valence-electron chi connectivity index (χ1n) is 11.8. The minimum Gasteiger partial charge on any atom is -0.493 e. The van der Waals surface area contributed by atoms with Crippen molar-refractivity contribution in [3.05, 3.63) is 83.6 Å². The molecule has 36 heavy (non-hydrogen) atoms. The normalized spacial score (nSPS) is 10.8. The van der Waals surface area contributed by atoms with E-state index >= 15 is 0 Å². The minimum atomic E-state index is -0.972. The molecule has 0 atom stereocenters. The van der Waals surface area contributed by atoms with Crippen LogP contribution in [0, 0.1) is 13.8 Å². The van der Waals surface area contributed by atoms with E-state index in [1.165, 1.54) is 10.5 Å². The van der Waals surface area contributed by atoms with Crippen molar-refractivity contribution in [1.82, 2.24) is 4.98 Å². The van der Waals surface area contributed by atoms with Gasteiger partial charge >= 0.3 is 6.09 Å². The van der Waals surface area contributed by atoms with E-state index in [1.54, 1.807) is 26.5 Å². The maximum Gasteiger partial charge on any atom is 0.411 e. The zero-order valence-electron chi connectivity index (χ0n) is 20.9. The fourth-order valence-corrected chi connectivity index (χ4v) is 4.24. The third-order valence-electron chi connectivity index (χ3n) is 6.13. The summed E-state index contributed by atoms with van der Waals surface area (Å²) in [6.07, 6.45) is 2.24. The number of aryl methyl sites for hydroxylation is 3. The molecule has 0 fully saturated rings. The number of rotatable bonds is 9. The third-order valence-corrected chi connectivity index (χ3v) is 6.13. The number of nitrogens with zero attached hydrogens (tertiary/aromatic N) is 2. The van der Waals surface area contributed by atoms with Crippen LogP contribution in [0.25, 0.3) is 10.9 Å². The van der Waals surface area contributed by atoms with Crippen LogP contribution in [0.3, 0.4) is 0 Å². The second kappa shape index (κ2) is 11.0. The Morgan fingerprint density at radius 1 is 0.889 bits per heavy atom. The predicted octanol–water partition coefficient (Wildman–Crippen LogP) is 6.78. The molecule has 4 rings (SSSR count). The highest BCUT2D eigenvalue weighted by Gasteiger charge is 2.19. The maximum atomic E-state index is 12.1. The van der Waals surface area contributed by atoms with Gasteiger partial charge in [0.25, 0.3) is 0 Å². The van der Waals surface area contributed by atoms with Crippen LogP contribution in [0.15, 0.2) is 66.9 Å². The number of anilines is 1. The summed E-state index contributed by atoms with van der Waals surface area (Å²) in [6, 6.07) is 19.3. The van der Waals surface area contributed by atoms with Crippen molar-refractivity contribution in [2.45, 2.75) is 26.7 Å². The van der Waals surface area contributed by atoms with E-state index in [1.807, 2.05) is 56.3 Å². The number of benzene rings is 3. The van der Waals surface area contributed by atoms with Crippen molar-refractivity contribution < 1.29 is 24.1 Å². The number of ether oxygens (including phenoxy) is 3. The lowest BCUT2D eigenvalue weighted by Gasteiger charge is -2.23. The highest BCUT2D eigenvalue weighted by atomic mass is 16.5. The van der Waals surface area contributed by atoms with Crippen molar-refractivity contribution >= 4 is 22.7 Å². The number of hydrogen-bond acceptors (Lipinski definition) is 5. The molecule has 7 heteroatoms. The third kappa shape index (κ3) is 5.35.